The molecule has 15 heavy (non-hydrogen) atoms. The highest BCUT2D eigenvalue weighted by Crippen LogP contribution is 2.34. The number of aromatic amines is 1. The largest absolute Gasteiger partial charge is 0.364 e. The topological polar surface area (TPSA) is 62.0 Å². The third-order valence-corrected chi connectivity index (χ3v) is 2.72. The quantitative estimate of drug-likeness (QED) is 0.757. The van der Waals surface area contributed by atoms with Crippen LogP contribution in [-0.4, -0.2) is 16.4 Å². The van der Waals surface area contributed by atoms with Crippen LogP contribution in [0.2, 0.25) is 0 Å². The van der Waals surface area contributed by atoms with Crippen LogP contribution in [0.25, 0.3) is 0 Å². The minimum absolute atomic E-state index is 0.0889. The maximum Gasteiger partial charge on any atom is 0.257 e. The first-order chi connectivity index (χ1) is 7.00. The van der Waals surface area contributed by atoms with Crippen LogP contribution in [0.3, 0.4) is 0 Å². The molecule has 1 saturated carbocycles. The van der Waals surface area contributed by atoms with E-state index in [0.29, 0.717) is 0 Å². The van der Waals surface area contributed by atoms with E-state index in [2.05, 4.69) is 10.3 Å². The normalized spacial score (nSPS) is 17.2. The Kier molecular flexibility index (Phi) is 2.14. The summed E-state index contributed by atoms with van der Waals surface area (Å²) in [6, 6.07) is 1.43. The van der Waals surface area contributed by atoms with Gasteiger partial charge < -0.3 is 10.3 Å². The number of pyridine rings is 1. The van der Waals surface area contributed by atoms with Crippen molar-refractivity contribution in [3.05, 3.63) is 33.7 Å². The minimum Gasteiger partial charge on any atom is -0.364 e. The van der Waals surface area contributed by atoms with E-state index in [-0.39, 0.29) is 22.4 Å². The number of hydrogen-bond donors (Lipinski definition) is 2. The van der Waals surface area contributed by atoms with Gasteiger partial charge in [-0.2, -0.15) is 0 Å². The third-order valence-electron chi connectivity index (χ3n) is 2.72. The summed E-state index contributed by atoms with van der Waals surface area (Å²) < 4.78 is 0. The Morgan fingerprint density at radius 2 is 2.20 bits per heavy atom. The first-order valence-corrected chi connectivity index (χ1v) is 5.02. The summed E-state index contributed by atoms with van der Waals surface area (Å²) in [5.41, 5.74) is 0.630. The second-order valence-electron chi connectivity index (χ2n) is 4.41. The van der Waals surface area contributed by atoms with E-state index in [1.54, 1.807) is 6.92 Å². The number of rotatable bonds is 2. The number of amides is 1. The maximum absolute atomic E-state index is 11.7. The lowest BCUT2D eigenvalue weighted by Crippen LogP contribution is -2.36. The van der Waals surface area contributed by atoms with Gasteiger partial charge in [-0.1, -0.05) is 0 Å². The molecule has 2 N–H and O–H groups in total. The lowest BCUT2D eigenvalue weighted by molar-refractivity contribution is 0.0934. The standard InChI is InChI=1S/C11H14N2O2/c1-7-5-9(14)8(6-12-7)10(15)13-11(2)3-4-11/h5-6H,3-4H2,1-2H3,(H,12,14)(H,13,15). The van der Waals surface area contributed by atoms with Crippen molar-refractivity contribution < 1.29 is 4.79 Å². The van der Waals surface area contributed by atoms with Gasteiger partial charge in [-0.05, 0) is 26.7 Å². The van der Waals surface area contributed by atoms with E-state index in [1.807, 2.05) is 6.92 Å². The van der Waals surface area contributed by atoms with Crippen LogP contribution in [0.4, 0.5) is 0 Å². The first kappa shape index (κ1) is 9.96. The van der Waals surface area contributed by atoms with Gasteiger partial charge in [0.25, 0.3) is 5.91 Å². The van der Waals surface area contributed by atoms with Gasteiger partial charge >= 0.3 is 0 Å². The fraction of sp³-hybridized carbons (Fsp3) is 0.455. The highest BCUT2D eigenvalue weighted by atomic mass is 16.2. The Balaban J connectivity index is 2.22. The van der Waals surface area contributed by atoms with Crippen molar-refractivity contribution in [1.29, 1.82) is 0 Å². The van der Waals surface area contributed by atoms with Crippen molar-refractivity contribution in [2.24, 2.45) is 0 Å². The van der Waals surface area contributed by atoms with Gasteiger partial charge in [0.2, 0.25) is 0 Å². The Bertz CT molecular complexity index is 458. The zero-order chi connectivity index (χ0) is 11.1. The highest BCUT2D eigenvalue weighted by Gasteiger charge is 2.39. The van der Waals surface area contributed by atoms with Crippen molar-refractivity contribution >= 4 is 5.91 Å². The van der Waals surface area contributed by atoms with Crippen LogP contribution in [-0.2, 0) is 0 Å². The van der Waals surface area contributed by atoms with Gasteiger partial charge in [-0.3, -0.25) is 9.59 Å². The second kappa shape index (κ2) is 3.22. The van der Waals surface area contributed by atoms with Gasteiger partial charge in [0.05, 0.1) is 0 Å². The summed E-state index contributed by atoms with van der Waals surface area (Å²) in [5, 5.41) is 2.85. The summed E-state index contributed by atoms with van der Waals surface area (Å²) in [7, 11) is 0. The zero-order valence-corrected chi connectivity index (χ0v) is 8.89. The molecule has 0 aliphatic heterocycles. The molecule has 0 spiro atoms. The van der Waals surface area contributed by atoms with E-state index in [0.717, 1.165) is 18.5 Å². The molecule has 1 aromatic rings. The average Bonchev–Trinajstić information content (AvgIpc) is 2.82. The molecule has 80 valence electrons. The van der Waals surface area contributed by atoms with Crippen LogP contribution >= 0.6 is 0 Å². The molecule has 4 nitrogen and oxygen atoms in total. The summed E-state index contributed by atoms with van der Waals surface area (Å²) in [4.78, 5) is 26.1. The number of H-pyrrole nitrogens is 1. The maximum atomic E-state index is 11.7. The Labute approximate surface area is 87.7 Å². The molecule has 1 fully saturated rings. The second-order valence-corrected chi connectivity index (χ2v) is 4.41. The molecule has 1 aliphatic rings. The molecular weight excluding hydrogens is 192 g/mol. The van der Waals surface area contributed by atoms with Crippen LogP contribution < -0.4 is 10.7 Å². The first-order valence-electron chi connectivity index (χ1n) is 5.02. The molecule has 0 saturated heterocycles. The molecule has 1 amide bonds. The number of aromatic nitrogens is 1. The van der Waals surface area contributed by atoms with E-state index in [9.17, 15) is 9.59 Å². The van der Waals surface area contributed by atoms with Gasteiger partial charge in [0.1, 0.15) is 5.56 Å². The molecule has 1 aromatic heterocycles. The Morgan fingerprint density at radius 1 is 1.53 bits per heavy atom. The highest BCUT2D eigenvalue weighted by molar-refractivity contribution is 5.94. The predicted octanol–water partition coefficient (Wildman–Crippen LogP) is 0.966. The van der Waals surface area contributed by atoms with Crippen LogP contribution in [0.15, 0.2) is 17.1 Å². The average molecular weight is 206 g/mol. The lowest BCUT2D eigenvalue weighted by Gasteiger charge is -2.10. The van der Waals surface area contributed by atoms with Crippen LogP contribution in [0, 0.1) is 6.92 Å². The molecule has 4 heteroatoms. The number of carbonyl (C=O) groups is 1. The third kappa shape index (κ3) is 2.09. The smallest absolute Gasteiger partial charge is 0.257 e. The van der Waals surface area contributed by atoms with Crippen molar-refractivity contribution in [3.8, 4) is 0 Å². The molecular formula is C11H14N2O2. The SMILES string of the molecule is Cc1cc(=O)c(C(=O)NC2(C)CC2)c[nH]1. The number of aryl methyl sites for hydroxylation is 1. The van der Waals surface area contributed by atoms with E-state index in [4.69, 9.17) is 0 Å². The van der Waals surface area contributed by atoms with Gasteiger partial charge in [-0.25, -0.2) is 0 Å². The Hall–Kier alpha value is -1.58. The summed E-state index contributed by atoms with van der Waals surface area (Å²) in [6.07, 6.45) is 3.45. The molecule has 0 unspecified atom stereocenters. The van der Waals surface area contributed by atoms with Crippen molar-refractivity contribution in [2.75, 3.05) is 0 Å². The van der Waals surface area contributed by atoms with Crippen molar-refractivity contribution in [2.45, 2.75) is 32.2 Å². The zero-order valence-electron chi connectivity index (χ0n) is 8.89. The lowest BCUT2D eigenvalue weighted by atomic mass is 10.2. The van der Waals surface area contributed by atoms with Gasteiger partial charge in [-0.15, -0.1) is 0 Å². The monoisotopic (exact) mass is 206 g/mol. The summed E-state index contributed by atoms with van der Waals surface area (Å²) >= 11 is 0. The fourth-order valence-corrected chi connectivity index (χ4v) is 1.40. The fourth-order valence-electron chi connectivity index (χ4n) is 1.40. The summed E-state index contributed by atoms with van der Waals surface area (Å²) in [5.74, 6) is -0.281. The molecule has 0 bridgehead atoms. The molecule has 1 aliphatic carbocycles. The molecule has 0 aromatic carbocycles. The molecule has 1 heterocycles. The number of nitrogens with one attached hydrogen (secondary N) is 2. The van der Waals surface area contributed by atoms with E-state index >= 15 is 0 Å². The van der Waals surface area contributed by atoms with Crippen LogP contribution in [0.1, 0.15) is 35.8 Å². The van der Waals surface area contributed by atoms with E-state index < -0.39 is 0 Å². The predicted molar refractivity (Wildman–Crippen MR) is 56.9 cm³/mol. The number of hydrogen-bond acceptors (Lipinski definition) is 2. The van der Waals surface area contributed by atoms with Gasteiger partial charge in [0, 0.05) is 23.5 Å². The van der Waals surface area contributed by atoms with Crippen molar-refractivity contribution in [1.82, 2.24) is 10.3 Å². The van der Waals surface area contributed by atoms with Gasteiger partial charge in [0.15, 0.2) is 5.43 Å². The Morgan fingerprint density at radius 3 is 2.73 bits per heavy atom. The molecule has 0 radical (unpaired) electrons. The summed E-state index contributed by atoms with van der Waals surface area (Å²) in [6.45, 7) is 3.76. The van der Waals surface area contributed by atoms with Crippen LogP contribution in [0.5, 0.6) is 0 Å². The molecule has 0 atom stereocenters. The number of carbonyl (C=O) groups excluding carboxylic acids is 1. The van der Waals surface area contributed by atoms with E-state index in [1.165, 1.54) is 12.3 Å². The van der Waals surface area contributed by atoms with Crippen molar-refractivity contribution in [3.63, 3.8) is 0 Å². The minimum atomic E-state index is -0.281. The molecule has 2 rings (SSSR count).